The second-order valence-corrected chi connectivity index (χ2v) is 19.5. The molecule has 7 rings (SSSR count). The molecule has 226 valence electrons. The first-order valence-electron chi connectivity index (χ1n) is 16.1. The van der Waals surface area contributed by atoms with Gasteiger partial charge >= 0.3 is 5.97 Å². The number of ether oxygens (including phenoxy) is 1. The number of rotatable bonds is 9. The number of carbonyl (C=O) groups is 1. The molecule has 1 aliphatic heterocycles. The maximum atomic E-state index is 14.5. The minimum atomic E-state index is -3.27. The standard InChI is InChI=1S/C41H37NO2Si2/c43-41-40(32-19-33-44-41)42(45(34-20-7-1-8-21-34,35-22-9-2-10-23-35)36-24-11-3-12-25-36)46(37-26-13-4-14-27-37,38-28-15-5-16-29-38)39-30-17-6-18-31-39/h1-18,20-31,40H,19,32-33H2. The quantitative estimate of drug-likeness (QED) is 0.135. The molecule has 0 bridgehead atoms. The summed E-state index contributed by atoms with van der Waals surface area (Å²) in [5, 5.41) is 7.45. The van der Waals surface area contributed by atoms with E-state index >= 15 is 0 Å². The maximum Gasteiger partial charge on any atom is 0.322 e. The number of cyclic esters (lactones) is 1. The first-order valence-corrected chi connectivity index (χ1v) is 20.0. The van der Waals surface area contributed by atoms with Gasteiger partial charge in [0, 0.05) is 0 Å². The molecule has 0 amide bonds. The molecular weight excluding hydrogens is 595 g/mol. The van der Waals surface area contributed by atoms with Gasteiger partial charge in [-0.3, -0.25) is 4.79 Å². The van der Waals surface area contributed by atoms with Crippen LogP contribution in [0.25, 0.3) is 0 Å². The molecule has 0 saturated carbocycles. The lowest BCUT2D eigenvalue weighted by molar-refractivity contribution is -0.151. The summed E-state index contributed by atoms with van der Waals surface area (Å²) in [5.74, 6) is -0.134. The van der Waals surface area contributed by atoms with Gasteiger partial charge in [-0.2, -0.15) is 0 Å². The summed E-state index contributed by atoms with van der Waals surface area (Å²) in [6.07, 6.45) is 1.54. The lowest BCUT2D eigenvalue weighted by Crippen LogP contribution is -2.92. The third-order valence-electron chi connectivity index (χ3n) is 9.32. The highest BCUT2D eigenvalue weighted by Crippen LogP contribution is 2.29. The van der Waals surface area contributed by atoms with Crippen molar-refractivity contribution >= 4 is 53.6 Å². The van der Waals surface area contributed by atoms with Gasteiger partial charge in [0.25, 0.3) is 0 Å². The summed E-state index contributed by atoms with van der Waals surface area (Å²) in [7, 11) is -6.54. The van der Waals surface area contributed by atoms with Crippen LogP contribution < -0.4 is 31.1 Å². The largest absolute Gasteiger partial charge is 0.465 e. The zero-order valence-electron chi connectivity index (χ0n) is 25.8. The Morgan fingerprint density at radius 2 is 0.696 bits per heavy atom. The molecule has 1 saturated heterocycles. The van der Waals surface area contributed by atoms with Crippen LogP contribution in [0, 0.1) is 0 Å². The van der Waals surface area contributed by atoms with E-state index < -0.39 is 22.5 Å². The van der Waals surface area contributed by atoms with Crippen LogP contribution in [0.2, 0.25) is 0 Å². The van der Waals surface area contributed by atoms with Crippen molar-refractivity contribution in [2.24, 2.45) is 0 Å². The van der Waals surface area contributed by atoms with Crippen LogP contribution in [0.1, 0.15) is 12.8 Å². The van der Waals surface area contributed by atoms with Gasteiger partial charge in [-0.25, -0.2) is 0 Å². The molecule has 0 aromatic heterocycles. The summed E-state index contributed by atoms with van der Waals surface area (Å²) in [4.78, 5) is 14.5. The highest BCUT2D eigenvalue weighted by molar-refractivity contribution is 7.22. The van der Waals surface area contributed by atoms with E-state index in [0.717, 1.165) is 12.8 Å². The molecule has 1 unspecified atom stereocenters. The number of benzene rings is 6. The third-order valence-corrected chi connectivity index (χ3v) is 20.4. The predicted molar refractivity (Wildman–Crippen MR) is 194 cm³/mol. The molecule has 6 aromatic carbocycles. The van der Waals surface area contributed by atoms with Crippen LogP contribution in [-0.4, -0.2) is 39.3 Å². The van der Waals surface area contributed by atoms with Crippen molar-refractivity contribution in [3.63, 3.8) is 0 Å². The summed E-state index contributed by atoms with van der Waals surface area (Å²) in [6, 6.07) is 65.3. The van der Waals surface area contributed by atoms with E-state index in [-0.39, 0.29) is 5.97 Å². The lowest BCUT2D eigenvalue weighted by Gasteiger charge is -2.56. The van der Waals surface area contributed by atoms with Crippen molar-refractivity contribution in [1.82, 2.24) is 4.23 Å². The van der Waals surface area contributed by atoms with E-state index in [2.05, 4.69) is 186 Å². The van der Waals surface area contributed by atoms with Crippen LogP contribution in [0.15, 0.2) is 182 Å². The molecule has 5 heteroatoms. The second kappa shape index (κ2) is 13.3. The Morgan fingerprint density at radius 1 is 0.435 bits per heavy atom. The molecule has 1 atom stereocenters. The van der Waals surface area contributed by atoms with E-state index in [1.807, 2.05) is 0 Å². The van der Waals surface area contributed by atoms with E-state index in [4.69, 9.17) is 4.74 Å². The van der Waals surface area contributed by atoms with Gasteiger partial charge in [0.05, 0.1) is 12.6 Å². The van der Waals surface area contributed by atoms with Crippen LogP contribution in [0.4, 0.5) is 0 Å². The maximum absolute atomic E-state index is 14.5. The van der Waals surface area contributed by atoms with Gasteiger partial charge in [-0.05, 0) is 44.0 Å². The van der Waals surface area contributed by atoms with Gasteiger partial charge in [-0.15, -0.1) is 0 Å². The summed E-state index contributed by atoms with van der Waals surface area (Å²) < 4.78 is 8.82. The topological polar surface area (TPSA) is 29.5 Å². The molecule has 1 aliphatic rings. The minimum Gasteiger partial charge on any atom is -0.465 e. The molecular formula is C41H37NO2Si2. The van der Waals surface area contributed by atoms with E-state index in [9.17, 15) is 4.79 Å². The molecule has 0 aliphatic carbocycles. The molecule has 6 aromatic rings. The van der Waals surface area contributed by atoms with Crippen LogP contribution in [-0.2, 0) is 9.53 Å². The van der Waals surface area contributed by atoms with Crippen molar-refractivity contribution in [2.45, 2.75) is 18.9 Å². The summed E-state index contributed by atoms with van der Waals surface area (Å²) in [5.41, 5.74) is 0. The van der Waals surface area contributed by atoms with Crippen molar-refractivity contribution < 1.29 is 9.53 Å². The van der Waals surface area contributed by atoms with E-state index in [1.165, 1.54) is 31.1 Å². The van der Waals surface area contributed by atoms with Crippen LogP contribution in [0.5, 0.6) is 0 Å². The number of hydrogen-bond donors (Lipinski definition) is 0. The number of carbonyl (C=O) groups excluding carboxylic acids is 1. The Kier molecular flexibility index (Phi) is 8.62. The number of hydrogen-bond acceptors (Lipinski definition) is 3. The summed E-state index contributed by atoms with van der Waals surface area (Å²) >= 11 is 0. The number of esters is 1. The first-order chi connectivity index (χ1) is 22.8. The van der Waals surface area contributed by atoms with E-state index in [0.29, 0.717) is 6.61 Å². The van der Waals surface area contributed by atoms with Crippen molar-refractivity contribution in [3.05, 3.63) is 182 Å². The highest BCUT2D eigenvalue weighted by atomic mass is 28.4. The normalized spacial score (nSPS) is 15.3. The Morgan fingerprint density at radius 3 is 0.935 bits per heavy atom. The van der Waals surface area contributed by atoms with Gasteiger partial charge in [0.2, 0.25) is 16.5 Å². The number of nitrogens with zero attached hydrogens (tertiary/aromatic N) is 1. The average molecular weight is 632 g/mol. The lowest BCUT2D eigenvalue weighted by atomic mass is 10.1. The molecule has 0 spiro atoms. The average Bonchev–Trinajstić information content (AvgIpc) is 3.15. The Bertz CT molecular complexity index is 1540. The highest BCUT2D eigenvalue weighted by Gasteiger charge is 2.61. The molecule has 1 fully saturated rings. The smallest absolute Gasteiger partial charge is 0.322 e. The fraction of sp³-hybridized carbons (Fsp3) is 0.0976. The van der Waals surface area contributed by atoms with Gasteiger partial charge < -0.3 is 8.97 Å². The Labute approximate surface area is 273 Å². The molecule has 3 nitrogen and oxygen atoms in total. The molecule has 0 N–H and O–H groups in total. The fourth-order valence-electron chi connectivity index (χ4n) is 7.53. The van der Waals surface area contributed by atoms with Crippen LogP contribution in [0.3, 0.4) is 0 Å². The Balaban J connectivity index is 1.75. The van der Waals surface area contributed by atoms with Gasteiger partial charge in [-0.1, -0.05) is 182 Å². The van der Waals surface area contributed by atoms with Gasteiger partial charge in [0.15, 0.2) is 0 Å². The molecule has 0 radical (unpaired) electrons. The Hall–Kier alpha value is -4.82. The first kappa shape index (κ1) is 29.9. The predicted octanol–water partition coefficient (Wildman–Crippen LogP) is 4.33. The third kappa shape index (κ3) is 5.07. The fourth-order valence-corrected chi connectivity index (χ4v) is 21.0. The monoisotopic (exact) mass is 631 g/mol. The zero-order chi connectivity index (χ0) is 31.2. The minimum absolute atomic E-state index is 0.134. The van der Waals surface area contributed by atoms with Gasteiger partial charge in [0.1, 0.15) is 0 Å². The second-order valence-electron chi connectivity index (χ2n) is 11.8. The van der Waals surface area contributed by atoms with Crippen molar-refractivity contribution in [1.29, 1.82) is 0 Å². The van der Waals surface area contributed by atoms with Crippen molar-refractivity contribution in [3.8, 4) is 0 Å². The van der Waals surface area contributed by atoms with E-state index in [1.54, 1.807) is 0 Å². The molecule has 1 heterocycles. The van der Waals surface area contributed by atoms with Crippen molar-refractivity contribution in [2.75, 3.05) is 6.61 Å². The SMILES string of the molecule is O=C1OCCCC1N([Si](c1ccccc1)(c1ccccc1)c1ccccc1)[Si](c1ccccc1)(c1ccccc1)c1ccccc1. The zero-order valence-corrected chi connectivity index (χ0v) is 27.8. The van der Waals surface area contributed by atoms with Crippen LogP contribution >= 0.6 is 0 Å². The molecule has 46 heavy (non-hydrogen) atoms. The summed E-state index contributed by atoms with van der Waals surface area (Å²) in [6.45, 7) is 0.455.